The fourth-order valence-corrected chi connectivity index (χ4v) is 2.56. The molecule has 5 nitrogen and oxygen atoms in total. The lowest BCUT2D eigenvalue weighted by atomic mass is 10.1. The molecule has 0 amide bonds. The molecule has 0 aliphatic carbocycles. The highest BCUT2D eigenvalue weighted by Gasteiger charge is 2.07. The summed E-state index contributed by atoms with van der Waals surface area (Å²) in [6, 6.07) is 10.2. The second-order valence-corrected chi connectivity index (χ2v) is 5.73. The number of aliphatic imine (C=N–C) groups is 1. The zero-order valence-electron chi connectivity index (χ0n) is 15.3. The molecule has 0 aliphatic heterocycles. The number of halogens is 1. The molecule has 0 radical (unpaired) electrons. The van der Waals surface area contributed by atoms with Crippen LogP contribution in [0.4, 0.5) is 0 Å². The SMILES string of the molecule is CN=C(NCCc1ccncc1C)N(C)Cc1ccc(OC)cc1.I. The molecule has 0 unspecified atom stereocenters. The van der Waals surface area contributed by atoms with Crippen molar-refractivity contribution in [3.8, 4) is 5.75 Å². The summed E-state index contributed by atoms with van der Waals surface area (Å²) in [4.78, 5) is 10.6. The lowest BCUT2D eigenvalue weighted by Crippen LogP contribution is -2.39. The molecule has 136 valence electrons. The number of hydrogen-bond donors (Lipinski definition) is 1. The molecule has 0 spiro atoms. The summed E-state index contributed by atoms with van der Waals surface area (Å²) >= 11 is 0. The van der Waals surface area contributed by atoms with Gasteiger partial charge in [-0.1, -0.05) is 12.1 Å². The van der Waals surface area contributed by atoms with E-state index in [9.17, 15) is 0 Å². The minimum absolute atomic E-state index is 0. The lowest BCUT2D eigenvalue weighted by Gasteiger charge is -2.22. The fourth-order valence-electron chi connectivity index (χ4n) is 2.56. The molecule has 0 saturated carbocycles. The molecule has 1 N–H and O–H groups in total. The van der Waals surface area contributed by atoms with E-state index in [1.165, 1.54) is 16.7 Å². The summed E-state index contributed by atoms with van der Waals surface area (Å²) in [5.41, 5.74) is 3.75. The third-order valence-electron chi connectivity index (χ3n) is 3.97. The zero-order valence-corrected chi connectivity index (χ0v) is 17.7. The number of benzene rings is 1. The Labute approximate surface area is 167 Å². The van der Waals surface area contributed by atoms with Crippen molar-refractivity contribution in [1.82, 2.24) is 15.2 Å². The van der Waals surface area contributed by atoms with Crippen molar-refractivity contribution in [2.45, 2.75) is 19.9 Å². The van der Waals surface area contributed by atoms with E-state index in [1.54, 1.807) is 7.11 Å². The van der Waals surface area contributed by atoms with Gasteiger partial charge in [-0.3, -0.25) is 9.98 Å². The molecule has 0 bridgehead atoms. The minimum Gasteiger partial charge on any atom is -0.497 e. The largest absolute Gasteiger partial charge is 0.497 e. The predicted octanol–water partition coefficient (Wildman–Crippen LogP) is 3.27. The van der Waals surface area contributed by atoms with Gasteiger partial charge in [0.25, 0.3) is 0 Å². The quantitative estimate of drug-likeness (QED) is 0.414. The Kier molecular flexibility index (Phi) is 9.26. The number of hydrogen-bond acceptors (Lipinski definition) is 3. The van der Waals surface area contributed by atoms with Gasteiger partial charge in [0.1, 0.15) is 5.75 Å². The lowest BCUT2D eigenvalue weighted by molar-refractivity contribution is 0.414. The second kappa shape index (κ2) is 10.9. The van der Waals surface area contributed by atoms with Crippen molar-refractivity contribution in [3.63, 3.8) is 0 Å². The topological polar surface area (TPSA) is 49.8 Å². The van der Waals surface area contributed by atoms with E-state index in [0.717, 1.165) is 31.2 Å². The summed E-state index contributed by atoms with van der Waals surface area (Å²) < 4.78 is 5.19. The number of pyridine rings is 1. The number of methoxy groups -OCH3 is 1. The summed E-state index contributed by atoms with van der Waals surface area (Å²) in [6.45, 7) is 3.72. The first-order valence-corrected chi connectivity index (χ1v) is 8.08. The van der Waals surface area contributed by atoms with Crippen molar-refractivity contribution in [1.29, 1.82) is 0 Å². The summed E-state index contributed by atoms with van der Waals surface area (Å²) in [5.74, 6) is 1.76. The van der Waals surface area contributed by atoms with E-state index in [4.69, 9.17) is 4.74 Å². The smallest absolute Gasteiger partial charge is 0.193 e. The van der Waals surface area contributed by atoms with Gasteiger partial charge in [-0.25, -0.2) is 0 Å². The molecule has 0 saturated heterocycles. The van der Waals surface area contributed by atoms with Crippen molar-refractivity contribution < 1.29 is 4.74 Å². The predicted molar refractivity (Wildman–Crippen MR) is 114 cm³/mol. The average molecular weight is 454 g/mol. The van der Waals surface area contributed by atoms with Crippen LogP contribution in [0.1, 0.15) is 16.7 Å². The van der Waals surface area contributed by atoms with Crippen molar-refractivity contribution >= 4 is 29.9 Å². The van der Waals surface area contributed by atoms with Crippen molar-refractivity contribution in [2.24, 2.45) is 4.99 Å². The average Bonchev–Trinajstić information content (AvgIpc) is 2.60. The van der Waals surface area contributed by atoms with Gasteiger partial charge in [0.2, 0.25) is 0 Å². The number of aryl methyl sites for hydroxylation is 1. The van der Waals surface area contributed by atoms with E-state index in [2.05, 4.69) is 45.3 Å². The van der Waals surface area contributed by atoms with E-state index >= 15 is 0 Å². The van der Waals surface area contributed by atoms with Crippen LogP contribution in [0.25, 0.3) is 0 Å². The number of guanidine groups is 1. The van der Waals surface area contributed by atoms with E-state index < -0.39 is 0 Å². The van der Waals surface area contributed by atoms with Gasteiger partial charge in [-0.2, -0.15) is 0 Å². The highest BCUT2D eigenvalue weighted by atomic mass is 127. The molecule has 0 atom stereocenters. The standard InChI is InChI=1S/C19H26N4O.HI/c1-15-13-21-11-9-17(15)10-12-22-19(20-2)23(3)14-16-5-7-18(24-4)8-6-16;/h5-9,11,13H,10,12,14H2,1-4H3,(H,20,22);1H. The molecular weight excluding hydrogens is 427 g/mol. The monoisotopic (exact) mass is 454 g/mol. The first-order valence-electron chi connectivity index (χ1n) is 8.08. The van der Waals surface area contributed by atoms with Crippen LogP contribution in [0.15, 0.2) is 47.7 Å². The molecule has 6 heteroatoms. The Bertz CT molecular complexity index is 673. The van der Waals surface area contributed by atoms with Crippen LogP contribution >= 0.6 is 24.0 Å². The van der Waals surface area contributed by atoms with Gasteiger partial charge in [0.05, 0.1) is 7.11 Å². The maximum absolute atomic E-state index is 5.19. The highest BCUT2D eigenvalue weighted by Crippen LogP contribution is 2.12. The van der Waals surface area contributed by atoms with Gasteiger partial charge >= 0.3 is 0 Å². The molecule has 1 aromatic heterocycles. The molecule has 2 rings (SSSR count). The fraction of sp³-hybridized carbons (Fsp3) is 0.368. The van der Waals surface area contributed by atoms with Crippen LogP contribution in [0.5, 0.6) is 5.75 Å². The zero-order chi connectivity index (χ0) is 17.4. The Balaban J connectivity index is 0.00000312. The van der Waals surface area contributed by atoms with E-state index in [1.807, 2.05) is 38.6 Å². The van der Waals surface area contributed by atoms with Gasteiger partial charge in [0, 0.05) is 39.6 Å². The molecular formula is C19H27IN4O. The number of ether oxygens (including phenoxy) is 1. The maximum atomic E-state index is 5.19. The van der Waals surface area contributed by atoms with Gasteiger partial charge in [0.15, 0.2) is 5.96 Å². The number of rotatable bonds is 6. The molecule has 1 aromatic carbocycles. The Morgan fingerprint density at radius 1 is 1.24 bits per heavy atom. The Hall–Kier alpha value is -1.83. The van der Waals surface area contributed by atoms with Crippen LogP contribution in [0, 0.1) is 6.92 Å². The maximum Gasteiger partial charge on any atom is 0.193 e. The van der Waals surface area contributed by atoms with Crippen molar-refractivity contribution in [3.05, 3.63) is 59.4 Å². The first kappa shape index (κ1) is 21.2. The van der Waals surface area contributed by atoms with Crippen LogP contribution in [0.3, 0.4) is 0 Å². The van der Waals surface area contributed by atoms with Crippen LogP contribution in [0.2, 0.25) is 0 Å². The minimum atomic E-state index is 0. The molecule has 1 heterocycles. The molecule has 0 aliphatic rings. The summed E-state index contributed by atoms with van der Waals surface area (Å²) in [7, 11) is 5.53. The molecule has 0 fully saturated rings. The number of nitrogens with zero attached hydrogens (tertiary/aromatic N) is 3. The van der Waals surface area contributed by atoms with Gasteiger partial charge in [-0.15, -0.1) is 24.0 Å². The third kappa shape index (κ3) is 6.53. The van der Waals surface area contributed by atoms with Crippen LogP contribution in [-0.2, 0) is 13.0 Å². The van der Waals surface area contributed by atoms with Crippen LogP contribution in [-0.4, -0.2) is 43.6 Å². The van der Waals surface area contributed by atoms with Gasteiger partial charge in [-0.05, 0) is 48.2 Å². The Morgan fingerprint density at radius 2 is 1.96 bits per heavy atom. The summed E-state index contributed by atoms with van der Waals surface area (Å²) in [5, 5.41) is 3.42. The highest BCUT2D eigenvalue weighted by molar-refractivity contribution is 14.0. The van der Waals surface area contributed by atoms with Gasteiger partial charge < -0.3 is 15.0 Å². The van der Waals surface area contributed by atoms with E-state index in [0.29, 0.717) is 0 Å². The third-order valence-corrected chi connectivity index (χ3v) is 3.97. The molecule has 2 aromatic rings. The van der Waals surface area contributed by atoms with E-state index in [-0.39, 0.29) is 24.0 Å². The first-order chi connectivity index (χ1) is 11.6. The number of aromatic nitrogens is 1. The second-order valence-electron chi connectivity index (χ2n) is 5.73. The molecule has 25 heavy (non-hydrogen) atoms. The Morgan fingerprint density at radius 3 is 2.56 bits per heavy atom. The van der Waals surface area contributed by atoms with Crippen LogP contribution < -0.4 is 10.1 Å². The summed E-state index contributed by atoms with van der Waals surface area (Å²) in [6.07, 6.45) is 4.69. The number of nitrogens with one attached hydrogen (secondary N) is 1. The van der Waals surface area contributed by atoms with Crippen molar-refractivity contribution in [2.75, 3.05) is 27.7 Å². The normalized spacial score (nSPS) is 10.8.